The number of amidine groups is 1. The zero-order chi connectivity index (χ0) is 16.0. The maximum Gasteiger partial charge on any atom is 0.288 e. The van der Waals surface area contributed by atoms with Gasteiger partial charge in [0.05, 0.1) is 6.20 Å². The van der Waals surface area contributed by atoms with E-state index in [9.17, 15) is 4.79 Å². The van der Waals surface area contributed by atoms with Crippen LogP contribution in [0.4, 0.5) is 11.6 Å². The highest BCUT2D eigenvalue weighted by Crippen LogP contribution is 2.32. The molecule has 24 heavy (non-hydrogen) atoms. The smallest absolute Gasteiger partial charge is 0.288 e. The molecule has 124 valence electrons. The molecule has 1 unspecified atom stereocenters. The number of nitrogens with zero attached hydrogens (tertiary/aromatic N) is 4. The molecule has 1 aromatic rings. The number of amides is 1. The monoisotopic (exact) mass is 347 g/mol. The number of aliphatic imine (C=N–C) groups is 2. The lowest BCUT2D eigenvalue weighted by atomic mass is 10.1. The molecule has 0 spiro atoms. The molecule has 1 amide bonds. The van der Waals surface area contributed by atoms with Crippen LogP contribution in [0.15, 0.2) is 39.6 Å². The molecule has 3 aliphatic rings. The SMILES string of the molecule is CC1(C)Oc2ccc(NC3=N[NH+]4C=CN=CC4=N3)nc2NC1=O.[Cl-]. The van der Waals surface area contributed by atoms with Gasteiger partial charge in [0.2, 0.25) is 0 Å². The molecule has 1 aromatic heterocycles. The van der Waals surface area contributed by atoms with E-state index in [0.717, 1.165) is 5.01 Å². The largest absolute Gasteiger partial charge is 1.00 e. The van der Waals surface area contributed by atoms with E-state index in [1.807, 2.05) is 0 Å². The van der Waals surface area contributed by atoms with Gasteiger partial charge in [-0.3, -0.25) is 9.79 Å². The number of carbonyl (C=O) groups excluding carboxylic acids is 1. The van der Waals surface area contributed by atoms with Crippen molar-refractivity contribution in [1.82, 2.24) is 4.98 Å². The highest BCUT2D eigenvalue weighted by Gasteiger charge is 2.36. The molecular weight excluding hydrogens is 334 g/mol. The number of quaternary nitrogens is 1. The van der Waals surface area contributed by atoms with Crippen LogP contribution in [0.1, 0.15) is 13.8 Å². The average molecular weight is 348 g/mol. The van der Waals surface area contributed by atoms with Gasteiger partial charge in [-0.15, -0.1) is 5.01 Å². The first kappa shape index (κ1) is 16.1. The summed E-state index contributed by atoms with van der Waals surface area (Å²) in [7, 11) is 0. The second kappa shape index (κ2) is 5.69. The number of ether oxygens (including phenoxy) is 1. The van der Waals surface area contributed by atoms with Crippen LogP contribution in [0, 0.1) is 0 Å². The summed E-state index contributed by atoms with van der Waals surface area (Å²) in [5, 5.41) is 10.8. The molecule has 0 aromatic carbocycles. The number of nitrogens with one attached hydrogen (secondary N) is 3. The zero-order valence-corrected chi connectivity index (χ0v) is 13.6. The summed E-state index contributed by atoms with van der Waals surface area (Å²) in [5.41, 5.74) is -0.914. The van der Waals surface area contributed by atoms with Gasteiger partial charge in [-0.25, -0.2) is 4.98 Å². The predicted molar refractivity (Wildman–Crippen MR) is 84.7 cm³/mol. The Labute approximate surface area is 143 Å². The summed E-state index contributed by atoms with van der Waals surface area (Å²) < 4.78 is 5.64. The Morgan fingerprint density at radius 2 is 2.17 bits per heavy atom. The van der Waals surface area contributed by atoms with Gasteiger partial charge >= 0.3 is 0 Å². The van der Waals surface area contributed by atoms with Crippen molar-refractivity contribution >= 4 is 35.6 Å². The normalized spacial score (nSPS) is 22.2. The molecule has 1 atom stereocenters. The standard InChI is InChI=1S/C14H13N7O2.ClH/c1-14(2)12(22)19-11-8(23-14)3-4-9(16-11)17-13-18-10-7-15-5-6-21(10)20-13;/h3-7H,1-2H3,(H2,16,17,19,20,22);1H. The van der Waals surface area contributed by atoms with Gasteiger partial charge in [0, 0.05) is 0 Å². The van der Waals surface area contributed by atoms with Crippen LogP contribution < -0.4 is 32.8 Å². The highest BCUT2D eigenvalue weighted by atomic mass is 35.5. The number of carbonyl (C=O) groups is 1. The molecular formula is C14H14ClN7O2. The quantitative estimate of drug-likeness (QED) is 0.496. The van der Waals surface area contributed by atoms with Crippen LogP contribution in [0.5, 0.6) is 5.75 Å². The molecule has 9 nitrogen and oxygen atoms in total. The van der Waals surface area contributed by atoms with Crippen LogP contribution >= 0.6 is 0 Å². The summed E-state index contributed by atoms with van der Waals surface area (Å²) >= 11 is 0. The van der Waals surface area contributed by atoms with Gasteiger partial charge in [0.25, 0.3) is 17.7 Å². The van der Waals surface area contributed by atoms with Gasteiger partial charge in [0.1, 0.15) is 18.2 Å². The van der Waals surface area contributed by atoms with Crippen molar-refractivity contribution in [2.24, 2.45) is 15.1 Å². The van der Waals surface area contributed by atoms with E-state index < -0.39 is 5.60 Å². The van der Waals surface area contributed by atoms with E-state index in [1.54, 1.807) is 44.6 Å². The average Bonchev–Trinajstić information content (AvgIpc) is 2.91. The maximum atomic E-state index is 11.9. The summed E-state index contributed by atoms with van der Waals surface area (Å²) in [5.74, 6) is 2.29. The van der Waals surface area contributed by atoms with Gasteiger partial charge < -0.3 is 27.8 Å². The first-order chi connectivity index (χ1) is 11.0. The van der Waals surface area contributed by atoms with Crippen molar-refractivity contribution in [3.05, 3.63) is 24.5 Å². The minimum atomic E-state index is -0.914. The number of rotatable bonds is 1. The Morgan fingerprint density at radius 1 is 1.33 bits per heavy atom. The van der Waals surface area contributed by atoms with E-state index in [0.29, 0.717) is 29.2 Å². The molecule has 0 saturated heterocycles. The van der Waals surface area contributed by atoms with E-state index in [1.165, 1.54) is 0 Å². The highest BCUT2D eigenvalue weighted by molar-refractivity contribution is 6.29. The Bertz CT molecular complexity index is 828. The molecule has 3 N–H and O–H groups in total. The van der Waals surface area contributed by atoms with Gasteiger partial charge in [0.15, 0.2) is 17.2 Å². The van der Waals surface area contributed by atoms with Crippen molar-refractivity contribution in [2.75, 3.05) is 10.6 Å². The summed E-state index contributed by atoms with van der Waals surface area (Å²) in [6, 6.07) is 3.49. The fraction of sp³-hybridized carbons (Fsp3) is 0.214. The minimum absolute atomic E-state index is 0. The van der Waals surface area contributed by atoms with Crippen LogP contribution in [0.25, 0.3) is 0 Å². The number of fused-ring (bicyclic) bond motifs is 2. The Balaban J connectivity index is 0.00000169. The summed E-state index contributed by atoms with van der Waals surface area (Å²) in [6.07, 6.45) is 5.08. The van der Waals surface area contributed by atoms with E-state index in [-0.39, 0.29) is 18.3 Å². The van der Waals surface area contributed by atoms with Crippen molar-refractivity contribution in [3.8, 4) is 5.75 Å². The van der Waals surface area contributed by atoms with E-state index >= 15 is 0 Å². The zero-order valence-electron chi connectivity index (χ0n) is 12.9. The number of pyridine rings is 1. The maximum absolute atomic E-state index is 11.9. The molecule has 4 heterocycles. The van der Waals surface area contributed by atoms with Gasteiger partial charge in [-0.2, -0.15) is 4.99 Å². The predicted octanol–water partition coefficient (Wildman–Crippen LogP) is -3.27. The van der Waals surface area contributed by atoms with Crippen LogP contribution in [0.3, 0.4) is 0 Å². The third-order valence-electron chi connectivity index (χ3n) is 3.47. The number of anilines is 2. The van der Waals surface area contributed by atoms with E-state index in [4.69, 9.17) is 4.74 Å². The lowest BCUT2D eigenvalue weighted by molar-refractivity contribution is -0.748. The minimum Gasteiger partial charge on any atom is -1.00 e. The molecule has 4 rings (SSSR count). The number of aromatic nitrogens is 1. The number of halogens is 1. The third-order valence-corrected chi connectivity index (χ3v) is 3.47. The summed E-state index contributed by atoms with van der Waals surface area (Å²) in [4.78, 5) is 24.6. The molecule has 0 saturated carbocycles. The second-order valence-electron chi connectivity index (χ2n) is 5.65. The number of guanidine groups is 1. The molecule has 0 radical (unpaired) electrons. The van der Waals surface area contributed by atoms with E-state index in [2.05, 4.69) is 30.7 Å². The van der Waals surface area contributed by atoms with Gasteiger partial charge in [-0.05, 0) is 31.1 Å². The lowest BCUT2D eigenvalue weighted by Crippen LogP contribution is -3.05. The van der Waals surface area contributed by atoms with Gasteiger partial charge in [-0.1, -0.05) is 0 Å². The van der Waals surface area contributed by atoms with Crippen LogP contribution in [0.2, 0.25) is 0 Å². The Kier molecular flexibility index (Phi) is 3.82. The van der Waals surface area contributed by atoms with Crippen molar-refractivity contribution < 1.29 is 26.9 Å². The van der Waals surface area contributed by atoms with Crippen molar-refractivity contribution in [2.45, 2.75) is 19.4 Å². The van der Waals surface area contributed by atoms with Crippen molar-refractivity contribution in [1.29, 1.82) is 0 Å². The van der Waals surface area contributed by atoms with Crippen LogP contribution in [-0.4, -0.2) is 34.5 Å². The number of hydrogen-bond acceptors (Lipinski definition) is 7. The fourth-order valence-corrected chi connectivity index (χ4v) is 2.25. The number of hydrogen-bond donors (Lipinski definition) is 3. The molecule has 0 fully saturated rings. The molecule has 10 heteroatoms. The summed E-state index contributed by atoms with van der Waals surface area (Å²) in [6.45, 7) is 3.41. The second-order valence-corrected chi connectivity index (χ2v) is 5.65. The van der Waals surface area contributed by atoms with Crippen LogP contribution in [-0.2, 0) is 4.79 Å². The lowest BCUT2D eigenvalue weighted by Gasteiger charge is -2.30. The Hall–Kier alpha value is -2.78. The third kappa shape index (κ3) is 2.74. The topological polar surface area (TPSA) is 105 Å². The first-order valence-corrected chi connectivity index (χ1v) is 7.04. The molecule has 0 bridgehead atoms. The fourth-order valence-electron chi connectivity index (χ4n) is 2.25. The molecule has 3 aliphatic heterocycles. The van der Waals surface area contributed by atoms with Crippen molar-refractivity contribution in [3.63, 3.8) is 0 Å². The Morgan fingerprint density at radius 3 is 2.96 bits per heavy atom. The first-order valence-electron chi connectivity index (χ1n) is 7.04. The molecule has 0 aliphatic carbocycles.